The summed E-state index contributed by atoms with van der Waals surface area (Å²) in [6.07, 6.45) is 0. The Hall–Kier alpha value is -1.94. The van der Waals surface area contributed by atoms with Crippen LogP contribution in [0, 0.1) is 0 Å². The Kier molecular flexibility index (Phi) is 5.91. The van der Waals surface area contributed by atoms with Crippen LogP contribution < -0.4 is 9.80 Å². The van der Waals surface area contributed by atoms with Gasteiger partial charge in [-0.1, -0.05) is 17.7 Å². The number of anilines is 2. The standard InChI is InChI=1S/C19H25ClN6O2S/c1-23-7-9-24(10-8-23)18-5-6-19(22-21-18)25-11-13-26(14-12-25)29(27,28)17-4-2-3-16(20)15-17/h2-6,15H,7-14H2,1H3. The van der Waals surface area contributed by atoms with E-state index in [4.69, 9.17) is 11.6 Å². The van der Waals surface area contributed by atoms with Crippen LogP contribution in [-0.4, -0.2) is 87.2 Å². The molecule has 0 radical (unpaired) electrons. The van der Waals surface area contributed by atoms with Crippen molar-refractivity contribution in [1.82, 2.24) is 19.4 Å². The minimum Gasteiger partial charge on any atom is -0.353 e. The summed E-state index contributed by atoms with van der Waals surface area (Å²) in [7, 11) is -1.42. The monoisotopic (exact) mass is 436 g/mol. The summed E-state index contributed by atoms with van der Waals surface area (Å²) < 4.78 is 27.2. The maximum absolute atomic E-state index is 12.8. The Morgan fingerprint density at radius 3 is 1.90 bits per heavy atom. The zero-order valence-electron chi connectivity index (χ0n) is 16.4. The van der Waals surface area contributed by atoms with Crippen molar-refractivity contribution in [3.05, 3.63) is 41.4 Å². The number of hydrogen-bond acceptors (Lipinski definition) is 7. The summed E-state index contributed by atoms with van der Waals surface area (Å²) in [5, 5.41) is 9.20. The molecule has 0 saturated carbocycles. The van der Waals surface area contributed by atoms with Crippen molar-refractivity contribution in [2.45, 2.75) is 4.90 Å². The van der Waals surface area contributed by atoms with E-state index in [0.29, 0.717) is 31.2 Å². The lowest BCUT2D eigenvalue weighted by atomic mass is 10.3. The van der Waals surface area contributed by atoms with Crippen molar-refractivity contribution in [2.24, 2.45) is 0 Å². The Balaban J connectivity index is 1.38. The second-order valence-corrected chi connectivity index (χ2v) is 9.76. The van der Waals surface area contributed by atoms with Crippen LogP contribution in [0.4, 0.5) is 11.6 Å². The third-order valence-electron chi connectivity index (χ3n) is 5.46. The van der Waals surface area contributed by atoms with Crippen molar-refractivity contribution in [1.29, 1.82) is 0 Å². The first-order chi connectivity index (χ1) is 13.9. The molecule has 0 aliphatic carbocycles. The van der Waals surface area contributed by atoms with Gasteiger partial charge >= 0.3 is 0 Å². The van der Waals surface area contributed by atoms with Gasteiger partial charge in [-0.3, -0.25) is 0 Å². The number of benzene rings is 1. The van der Waals surface area contributed by atoms with Crippen LogP contribution in [-0.2, 0) is 10.0 Å². The van der Waals surface area contributed by atoms with E-state index in [9.17, 15) is 8.42 Å². The second-order valence-electron chi connectivity index (χ2n) is 7.39. The average Bonchev–Trinajstić information content (AvgIpc) is 2.74. The van der Waals surface area contributed by atoms with Gasteiger partial charge in [-0.2, -0.15) is 4.31 Å². The Bertz CT molecular complexity index is 939. The predicted octanol–water partition coefficient (Wildman–Crippen LogP) is 1.39. The summed E-state index contributed by atoms with van der Waals surface area (Å²) in [5.74, 6) is 1.67. The first kappa shape index (κ1) is 20.3. The quantitative estimate of drug-likeness (QED) is 0.717. The Labute approximate surface area is 176 Å². The van der Waals surface area contributed by atoms with Crippen molar-refractivity contribution in [3.8, 4) is 0 Å². The lowest BCUT2D eigenvalue weighted by Gasteiger charge is -2.35. The highest BCUT2D eigenvalue weighted by molar-refractivity contribution is 7.89. The molecule has 156 valence electrons. The molecular formula is C19H25ClN6O2S. The molecule has 0 atom stereocenters. The zero-order chi connectivity index (χ0) is 20.4. The van der Waals surface area contributed by atoms with Gasteiger partial charge in [0.25, 0.3) is 0 Å². The molecule has 0 spiro atoms. The molecule has 4 rings (SSSR count). The molecule has 1 aromatic carbocycles. The number of nitrogens with zero attached hydrogens (tertiary/aromatic N) is 6. The lowest BCUT2D eigenvalue weighted by molar-refractivity contribution is 0.312. The van der Waals surface area contributed by atoms with E-state index in [2.05, 4.69) is 31.9 Å². The highest BCUT2D eigenvalue weighted by Crippen LogP contribution is 2.23. The molecule has 1 aromatic heterocycles. The van der Waals surface area contributed by atoms with Crippen LogP contribution in [0.15, 0.2) is 41.3 Å². The predicted molar refractivity (Wildman–Crippen MR) is 114 cm³/mol. The molecule has 0 amide bonds. The Morgan fingerprint density at radius 1 is 0.828 bits per heavy atom. The van der Waals surface area contributed by atoms with Crippen LogP contribution in [0.25, 0.3) is 0 Å². The molecular weight excluding hydrogens is 412 g/mol. The Morgan fingerprint density at radius 2 is 1.38 bits per heavy atom. The van der Waals surface area contributed by atoms with Gasteiger partial charge in [0.15, 0.2) is 11.6 Å². The maximum atomic E-state index is 12.8. The van der Waals surface area contributed by atoms with Crippen molar-refractivity contribution in [3.63, 3.8) is 0 Å². The second kappa shape index (κ2) is 8.43. The van der Waals surface area contributed by atoms with E-state index in [1.54, 1.807) is 18.2 Å². The van der Waals surface area contributed by atoms with E-state index >= 15 is 0 Å². The third kappa shape index (κ3) is 4.48. The third-order valence-corrected chi connectivity index (χ3v) is 7.59. The SMILES string of the molecule is CN1CCN(c2ccc(N3CCN(S(=O)(=O)c4cccc(Cl)c4)CC3)nn2)CC1. The van der Waals surface area contributed by atoms with Gasteiger partial charge in [-0.05, 0) is 37.4 Å². The molecule has 8 nitrogen and oxygen atoms in total. The molecule has 2 aromatic rings. The highest BCUT2D eigenvalue weighted by atomic mass is 35.5. The molecule has 0 unspecified atom stereocenters. The minimum atomic E-state index is -3.54. The number of piperazine rings is 2. The van der Waals surface area contributed by atoms with Gasteiger partial charge in [-0.15, -0.1) is 10.2 Å². The van der Waals surface area contributed by atoms with Gasteiger partial charge in [-0.25, -0.2) is 8.42 Å². The van der Waals surface area contributed by atoms with Crippen LogP contribution in [0.1, 0.15) is 0 Å². The van der Waals surface area contributed by atoms with Crippen molar-refractivity contribution < 1.29 is 8.42 Å². The zero-order valence-corrected chi connectivity index (χ0v) is 18.0. The maximum Gasteiger partial charge on any atom is 0.243 e. The topological polar surface area (TPSA) is 72.9 Å². The number of aromatic nitrogens is 2. The van der Waals surface area contributed by atoms with Crippen LogP contribution >= 0.6 is 11.6 Å². The average molecular weight is 437 g/mol. The van der Waals surface area contributed by atoms with Gasteiger partial charge in [0.05, 0.1) is 4.90 Å². The van der Waals surface area contributed by atoms with Crippen LogP contribution in [0.5, 0.6) is 0 Å². The molecule has 2 fully saturated rings. The van der Waals surface area contributed by atoms with E-state index in [0.717, 1.165) is 37.8 Å². The molecule has 10 heteroatoms. The lowest BCUT2D eigenvalue weighted by Crippen LogP contribution is -2.49. The summed E-state index contributed by atoms with van der Waals surface area (Å²) in [6.45, 7) is 5.88. The van der Waals surface area contributed by atoms with Crippen molar-refractivity contribution >= 4 is 33.3 Å². The number of sulfonamides is 1. The highest BCUT2D eigenvalue weighted by Gasteiger charge is 2.29. The van der Waals surface area contributed by atoms with E-state index in [1.807, 2.05) is 12.1 Å². The van der Waals surface area contributed by atoms with E-state index in [-0.39, 0.29) is 4.90 Å². The van der Waals surface area contributed by atoms with Gasteiger partial charge in [0.2, 0.25) is 10.0 Å². The van der Waals surface area contributed by atoms with Gasteiger partial charge in [0, 0.05) is 57.4 Å². The number of likely N-dealkylation sites (N-methyl/N-ethyl adjacent to an activating group) is 1. The summed E-state index contributed by atoms with van der Waals surface area (Å²) >= 11 is 5.96. The molecule has 0 bridgehead atoms. The number of rotatable bonds is 4. The minimum absolute atomic E-state index is 0.231. The normalized spacial score (nSPS) is 19.5. The van der Waals surface area contributed by atoms with Crippen LogP contribution in [0.2, 0.25) is 5.02 Å². The smallest absolute Gasteiger partial charge is 0.243 e. The largest absolute Gasteiger partial charge is 0.353 e. The fraction of sp³-hybridized carbons (Fsp3) is 0.474. The van der Waals surface area contributed by atoms with E-state index in [1.165, 1.54) is 10.4 Å². The summed E-state index contributed by atoms with van der Waals surface area (Å²) in [4.78, 5) is 6.85. The molecule has 0 N–H and O–H groups in total. The van der Waals surface area contributed by atoms with Crippen molar-refractivity contribution in [2.75, 3.05) is 69.2 Å². The molecule has 2 aliphatic rings. The fourth-order valence-electron chi connectivity index (χ4n) is 3.63. The fourth-order valence-corrected chi connectivity index (χ4v) is 5.35. The summed E-state index contributed by atoms with van der Waals surface area (Å²) in [5.41, 5.74) is 0. The molecule has 29 heavy (non-hydrogen) atoms. The number of halogens is 1. The molecule has 3 heterocycles. The van der Waals surface area contributed by atoms with Gasteiger partial charge in [0.1, 0.15) is 0 Å². The first-order valence-corrected chi connectivity index (χ1v) is 11.5. The van der Waals surface area contributed by atoms with Crippen LogP contribution in [0.3, 0.4) is 0 Å². The first-order valence-electron chi connectivity index (χ1n) is 9.71. The molecule has 2 aliphatic heterocycles. The van der Waals surface area contributed by atoms with Gasteiger partial charge < -0.3 is 14.7 Å². The summed E-state index contributed by atoms with van der Waals surface area (Å²) in [6, 6.07) is 10.4. The molecule has 2 saturated heterocycles. The van der Waals surface area contributed by atoms with E-state index < -0.39 is 10.0 Å². The number of hydrogen-bond donors (Lipinski definition) is 0.